The number of hydrogen-bond donors (Lipinski definition) is 0. The van der Waals surface area contributed by atoms with Crippen LogP contribution >= 0.6 is 0 Å². The fourth-order valence-electron chi connectivity index (χ4n) is 9.26. The molecule has 0 spiro atoms. The van der Waals surface area contributed by atoms with E-state index in [1.807, 2.05) is 0 Å². The maximum absolute atomic E-state index is 2.39. The molecule has 0 atom stereocenters. The molecule has 0 nitrogen and oxygen atoms in total. The van der Waals surface area contributed by atoms with Gasteiger partial charge in [0.15, 0.2) is 0 Å². The maximum atomic E-state index is 2.39. The molecule has 0 N–H and O–H groups in total. The van der Waals surface area contributed by atoms with Crippen LogP contribution in [0.3, 0.4) is 0 Å². The highest BCUT2D eigenvalue weighted by Crippen LogP contribution is 2.51. The Balaban J connectivity index is 0.000000119. The molecule has 0 radical (unpaired) electrons. The van der Waals surface area contributed by atoms with Gasteiger partial charge in [0.1, 0.15) is 0 Å². The third-order valence-electron chi connectivity index (χ3n) is 11.6. The van der Waals surface area contributed by atoms with Crippen molar-refractivity contribution in [1.29, 1.82) is 0 Å². The van der Waals surface area contributed by atoms with Crippen molar-refractivity contribution in [3.8, 4) is 44.5 Å². The molecule has 0 heterocycles. The molecule has 2 aliphatic carbocycles. The Kier molecular flexibility index (Phi) is 5.59. The molecule has 0 aromatic heterocycles. The Labute approximate surface area is 300 Å². The molecule has 13 rings (SSSR count). The van der Waals surface area contributed by atoms with Gasteiger partial charge in [-0.15, -0.1) is 0 Å². The van der Waals surface area contributed by atoms with Gasteiger partial charge in [-0.1, -0.05) is 127 Å². The Morgan fingerprint density at radius 2 is 0.519 bits per heavy atom. The first kappa shape index (κ1) is 28.0. The topological polar surface area (TPSA) is 0 Å². The summed E-state index contributed by atoms with van der Waals surface area (Å²) in [6, 6.07) is 67.1. The molecule has 0 amide bonds. The minimum Gasteiger partial charge on any atom is -0.0616 e. The second kappa shape index (κ2) is 10.4. The highest BCUT2D eigenvalue weighted by Gasteiger charge is 2.24. The molecule has 0 fully saturated rings. The quantitative estimate of drug-likeness (QED) is 0.113. The SMILES string of the molecule is c1ccc2cc3cc4c(cc3cc2c1)-c1cccc2c1c-4cc1ccccc12.c1ccc2cc3cc4c(cc3cc2c1)-c1cccc2cccc-4c12. The van der Waals surface area contributed by atoms with E-state index in [2.05, 4.69) is 182 Å². The van der Waals surface area contributed by atoms with Crippen LogP contribution in [0.5, 0.6) is 0 Å². The minimum atomic E-state index is 1.30. The van der Waals surface area contributed by atoms with Crippen LogP contribution in [0.15, 0.2) is 182 Å². The summed E-state index contributed by atoms with van der Waals surface area (Å²) >= 11 is 0. The van der Waals surface area contributed by atoms with Gasteiger partial charge in [-0.05, 0) is 175 Å². The Bertz CT molecular complexity index is 3250. The first-order valence-electron chi connectivity index (χ1n) is 18.2. The van der Waals surface area contributed by atoms with Crippen molar-refractivity contribution in [3.05, 3.63) is 182 Å². The number of hydrogen-bond acceptors (Lipinski definition) is 0. The van der Waals surface area contributed by atoms with Gasteiger partial charge in [-0.2, -0.15) is 0 Å². The lowest BCUT2D eigenvalue weighted by Crippen LogP contribution is -1.81. The molecule has 0 aliphatic heterocycles. The van der Waals surface area contributed by atoms with Crippen LogP contribution in [0.25, 0.3) is 120 Å². The second-order valence-electron chi connectivity index (χ2n) is 14.5. The average Bonchev–Trinajstić information content (AvgIpc) is 3.67. The van der Waals surface area contributed by atoms with Crippen LogP contribution in [-0.4, -0.2) is 0 Å². The molecule has 0 unspecified atom stereocenters. The van der Waals surface area contributed by atoms with Gasteiger partial charge < -0.3 is 0 Å². The summed E-state index contributed by atoms with van der Waals surface area (Å²) < 4.78 is 0. The van der Waals surface area contributed by atoms with Crippen molar-refractivity contribution in [2.24, 2.45) is 0 Å². The summed E-state index contributed by atoms with van der Waals surface area (Å²) in [7, 11) is 0. The van der Waals surface area contributed by atoms with Crippen molar-refractivity contribution in [2.75, 3.05) is 0 Å². The maximum Gasteiger partial charge on any atom is -0.00199 e. The zero-order valence-electron chi connectivity index (χ0n) is 28.3. The monoisotopic (exact) mass is 654 g/mol. The second-order valence-corrected chi connectivity index (χ2v) is 14.5. The van der Waals surface area contributed by atoms with Gasteiger partial charge in [0, 0.05) is 0 Å². The van der Waals surface area contributed by atoms with Crippen LogP contribution in [0, 0.1) is 0 Å². The smallest absolute Gasteiger partial charge is 0.00199 e. The van der Waals surface area contributed by atoms with E-state index in [4.69, 9.17) is 0 Å². The predicted octanol–water partition coefficient (Wildman–Crippen LogP) is 14.7. The average molecular weight is 655 g/mol. The normalized spacial score (nSPS) is 12.2. The highest BCUT2D eigenvalue weighted by molar-refractivity contribution is 6.25. The summed E-state index contributed by atoms with van der Waals surface area (Å²) in [5.41, 5.74) is 10.9. The summed E-state index contributed by atoms with van der Waals surface area (Å²) in [6.45, 7) is 0. The predicted molar refractivity (Wildman–Crippen MR) is 224 cm³/mol. The van der Waals surface area contributed by atoms with E-state index < -0.39 is 0 Å². The molecule has 52 heavy (non-hydrogen) atoms. The van der Waals surface area contributed by atoms with Crippen LogP contribution in [0.4, 0.5) is 0 Å². The van der Waals surface area contributed by atoms with Crippen LogP contribution < -0.4 is 0 Å². The summed E-state index contributed by atoms with van der Waals surface area (Å²) in [6.07, 6.45) is 0. The summed E-state index contributed by atoms with van der Waals surface area (Å²) in [4.78, 5) is 0. The fraction of sp³-hybridized carbons (Fsp3) is 0. The van der Waals surface area contributed by atoms with E-state index in [9.17, 15) is 0 Å². The summed E-state index contributed by atoms with van der Waals surface area (Å²) in [5.74, 6) is 0. The minimum absolute atomic E-state index is 1.30. The van der Waals surface area contributed by atoms with Gasteiger partial charge >= 0.3 is 0 Å². The van der Waals surface area contributed by atoms with Crippen LogP contribution in [-0.2, 0) is 0 Å². The molecule has 0 saturated heterocycles. The molecule has 238 valence electrons. The number of fused-ring (bicyclic) bond motifs is 12. The zero-order valence-corrected chi connectivity index (χ0v) is 28.3. The lowest BCUT2D eigenvalue weighted by Gasteiger charge is -2.08. The Morgan fingerprint density at radius 1 is 0.173 bits per heavy atom. The largest absolute Gasteiger partial charge is 0.0616 e. The molecular formula is C52H30. The van der Waals surface area contributed by atoms with E-state index >= 15 is 0 Å². The summed E-state index contributed by atoms with van der Waals surface area (Å²) in [5, 5.41) is 18.6. The number of benzene rings is 11. The van der Waals surface area contributed by atoms with E-state index in [-0.39, 0.29) is 0 Å². The molecule has 11 aromatic rings. The van der Waals surface area contributed by atoms with E-state index in [0.717, 1.165) is 0 Å². The van der Waals surface area contributed by atoms with Gasteiger partial charge in [-0.3, -0.25) is 0 Å². The van der Waals surface area contributed by atoms with Gasteiger partial charge in [0.05, 0.1) is 0 Å². The van der Waals surface area contributed by atoms with Crippen LogP contribution in [0.1, 0.15) is 0 Å². The first-order chi connectivity index (χ1) is 25.7. The molecule has 0 saturated carbocycles. The third-order valence-corrected chi connectivity index (χ3v) is 11.6. The lowest BCUT2D eigenvalue weighted by molar-refractivity contribution is 1.74. The van der Waals surface area contributed by atoms with E-state index in [1.165, 1.54) is 120 Å². The van der Waals surface area contributed by atoms with Gasteiger partial charge in [0.25, 0.3) is 0 Å². The Morgan fingerprint density at radius 3 is 1.02 bits per heavy atom. The van der Waals surface area contributed by atoms with Crippen molar-refractivity contribution >= 4 is 75.4 Å². The van der Waals surface area contributed by atoms with Crippen molar-refractivity contribution < 1.29 is 0 Å². The molecule has 2 aliphatic rings. The van der Waals surface area contributed by atoms with E-state index in [1.54, 1.807) is 0 Å². The first-order valence-corrected chi connectivity index (χ1v) is 18.2. The van der Waals surface area contributed by atoms with E-state index in [0.29, 0.717) is 0 Å². The van der Waals surface area contributed by atoms with Gasteiger partial charge in [0.2, 0.25) is 0 Å². The number of rotatable bonds is 0. The highest BCUT2D eigenvalue weighted by atomic mass is 14.3. The molecular weight excluding hydrogens is 625 g/mol. The molecule has 0 heteroatoms. The standard InChI is InChI=1S/C28H16.C24H14/c1-2-7-18-13-21-16-26-25(15-20(21)12-17(18)6-1)24-11-5-10-23-22-9-4-3-8-19(22)14-27(26)28(23)24;1-2-6-17-12-19-14-23-21-10-4-8-15-7-3-9-20(24(15)21)22(23)13-18(19)11-16(17)5-1/h1-16H;1-14H. The van der Waals surface area contributed by atoms with Crippen molar-refractivity contribution in [3.63, 3.8) is 0 Å². The fourth-order valence-corrected chi connectivity index (χ4v) is 9.26. The van der Waals surface area contributed by atoms with Crippen LogP contribution in [0.2, 0.25) is 0 Å². The van der Waals surface area contributed by atoms with Crippen molar-refractivity contribution in [1.82, 2.24) is 0 Å². The zero-order chi connectivity index (χ0) is 33.9. The molecule has 0 bridgehead atoms. The third kappa shape index (κ3) is 3.92. The lowest BCUT2D eigenvalue weighted by atomic mass is 9.95. The van der Waals surface area contributed by atoms with Gasteiger partial charge in [-0.25, -0.2) is 0 Å². The Hall–Kier alpha value is -6.76. The van der Waals surface area contributed by atoms with Crippen molar-refractivity contribution in [2.45, 2.75) is 0 Å². The molecule has 11 aromatic carbocycles.